The molecule has 2 amide bonds. The minimum absolute atomic E-state index is 0.0795. The first kappa shape index (κ1) is 18.1. The maximum Gasteiger partial charge on any atom is 0.255 e. The summed E-state index contributed by atoms with van der Waals surface area (Å²) < 4.78 is 5.53. The van der Waals surface area contributed by atoms with Crippen LogP contribution in [0.15, 0.2) is 42.5 Å². The first-order valence-corrected chi connectivity index (χ1v) is 8.92. The van der Waals surface area contributed by atoms with Crippen LogP contribution in [0.25, 0.3) is 0 Å². The number of anilines is 1. The standard InChI is InChI=1S/C21H24N2O3/c1-14-9-10-17(15(2)12-14)21(25)23-19-8-4-3-7-18(19)20(24)22-13-16-6-5-11-26-16/h3-4,7-10,12,16H,5-6,11,13H2,1-2H3,(H,22,24)(H,23,25). The van der Waals surface area contributed by atoms with Crippen molar-refractivity contribution in [2.24, 2.45) is 0 Å². The fraction of sp³-hybridized carbons (Fsp3) is 0.333. The minimum atomic E-state index is -0.220. The molecular weight excluding hydrogens is 328 g/mol. The number of carbonyl (C=O) groups is 2. The van der Waals surface area contributed by atoms with E-state index in [0.717, 1.165) is 30.6 Å². The third kappa shape index (κ3) is 4.29. The van der Waals surface area contributed by atoms with Crippen LogP contribution in [-0.2, 0) is 4.74 Å². The molecule has 1 aliphatic rings. The summed E-state index contributed by atoms with van der Waals surface area (Å²) in [7, 11) is 0. The molecule has 2 aromatic carbocycles. The van der Waals surface area contributed by atoms with Crippen molar-refractivity contribution in [2.45, 2.75) is 32.8 Å². The van der Waals surface area contributed by atoms with Crippen LogP contribution in [0.2, 0.25) is 0 Å². The Labute approximate surface area is 153 Å². The lowest BCUT2D eigenvalue weighted by atomic mass is 10.0. The summed E-state index contributed by atoms with van der Waals surface area (Å²) in [4.78, 5) is 25.2. The third-order valence-electron chi connectivity index (χ3n) is 4.56. The number of nitrogens with one attached hydrogen (secondary N) is 2. The van der Waals surface area contributed by atoms with Crippen molar-refractivity contribution in [2.75, 3.05) is 18.5 Å². The molecule has 0 aliphatic carbocycles. The fourth-order valence-corrected chi connectivity index (χ4v) is 3.16. The summed E-state index contributed by atoms with van der Waals surface area (Å²) in [6, 6.07) is 12.7. The first-order chi connectivity index (χ1) is 12.5. The van der Waals surface area contributed by atoms with Crippen molar-refractivity contribution in [1.29, 1.82) is 0 Å². The van der Waals surface area contributed by atoms with Gasteiger partial charge in [0.05, 0.1) is 17.4 Å². The Morgan fingerprint density at radius 3 is 2.62 bits per heavy atom. The summed E-state index contributed by atoms with van der Waals surface area (Å²) in [5.74, 6) is -0.432. The molecule has 0 bridgehead atoms. The molecule has 1 atom stereocenters. The van der Waals surface area contributed by atoms with E-state index in [1.807, 2.05) is 26.0 Å². The number of amides is 2. The number of benzene rings is 2. The van der Waals surface area contributed by atoms with Crippen molar-refractivity contribution in [3.63, 3.8) is 0 Å². The van der Waals surface area contributed by atoms with Gasteiger partial charge < -0.3 is 15.4 Å². The van der Waals surface area contributed by atoms with Crippen LogP contribution in [0.1, 0.15) is 44.7 Å². The topological polar surface area (TPSA) is 67.4 Å². The lowest BCUT2D eigenvalue weighted by Gasteiger charge is -2.14. The molecule has 1 aliphatic heterocycles. The van der Waals surface area contributed by atoms with E-state index in [0.29, 0.717) is 23.4 Å². The summed E-state index contributed by atoms with van der Waals surface area (Å²) in [6.45, 7) is 5.13. The molecule has 5 nitrogen and oxygen atoms in total. The van der Waals surface area contributed by atoms with Crippen LogP contribution < -0.4 is 10.6 Å². The second-order valence-electron chi connectivity index (χ2n) is 6.66. The molecule has 2 N–H and O–H groups in total. The van der Waals surface area contributed by atoms with Crippen molar-refractivity contribution in [3.05, 3.63) is 64.7 Å². The molecule has 3 rings (SSSR count). The van der Waals surface area contributed by atoms with E-state index in [1.165, 1.54) is 0 Å². The van der Waals surface area contributed by atoms with Crippen LogP contribution in [0.4, 0.5) is 5.69 Å². The van der Waals surface area contributed by atoms with Crippen LogP contribution in [0, 0.1) is 13.8 Å². The molecule has 0 aromatic heterocycles. The van der Waals surface area contributed by atoms with E-state index >= 15 is 0 Å². The predicted octanol–water partition coefficient (Wildman–Crippen LogP) is 3.46. The maximum atomic E-state index is 12.6. The Morgan fingerprint density at radius 1 is 1.08 bits per heavy atom. The Bertz CT molecular complexity index is 811. The van der Waals surface area contributed by atoms with Gasteiger partial charge in [-0.05, 0) is 50.5 Å². The highest BCUT2D eigenvalue weighted by molar-refractivity contribution is 6.09. The zero-order valence-electron chi connectivity index (χ0n) is 15.2. The summed E-state index contributed by atoms with van der Waals surface area (Å²) in [6.07, 6.45) is 2.07. The number of aryl methyl sites for hydroxylation is 2. The Kier molecular flexibility index (Phi) is 5.68. The molecule has 136 valence electrons. The van der Waals surface area contributed by atoms with Gasteiger partial charge in [-0.1, -0.05) is 29.8 Å². The summed E-state index contributed by atoms with van der Waals surface area (Å²) >= 11 is 0. The van der Waals surface area contributed by atoms with Crippen molar-refractivity contribution in [1.82, 2.24) is 5.32 Å². The van der Waals surface area contributed by atoms with Gasteiger partial charge in [-0.3, -0.25) is 9.59 Å². The number of ether oxygens (including phenoxy) is 1. The Morgan fingerprint density at radius 2 is 1.88 bits per heavy atom. The zero-order chi connectivity index (χ0) is 18.5. The minimum Gasteiger partial charge on any atom is -0.376 e. The van der Waals surface area contributed by atoms with E-state index < -0.39 is 0 Å². The summed E-state index contributed by atoms with van der Waals surface area (Å²) in [5, 5.41) is 5.76. The van der Waals surface area contributed by atoms with E-state index in [2.05, 4.69) is 10.6 Å². The van der Waals surface area contributed by atoms with Crippen molar-refractivity contribution < 1.29 is 14.3 Å². The average molecular weight is 352 g/mol. The number of para-hydroxylation sites is 1. The highest BCUT2D eigenvalue weighted by atomic mass is 16.5. The highest BCUT2D eigenvalue weighted by Crippen LogP contribution is 2.18. The molecule has 1 fully saturated rings. The Hall–Kier alpha value is -2.66. The fourth-order valence-electron chi connectivity index (χ4n) is 3.16. The number of hydrogen-bond acceptors (Lipinski definition) is 3. The van der Waals surface area contributed by atoms with Gasteiger partial charge in [-0.15, -0.1) is 0 Å². The second-order valence-corrected chi connectivity index (χ2v) is 6.66. The lowest BCUT2D eigenvalue weighted by molar-refractivity contribution is 0.0858. The molecule has 0 radical (unpaired) electrons. The molecule has 2 aromatic rings. The normalized spacial score (nSPS) is 16.3. The number of hydrogen-bond donors (Lipinski definition) is 2. The van der Waals surface area contributed by atoms with Crippen LogP contribution >= 0.6 is 0 Å². The van der Waals surface area contributed by atoms with Gasteiger partial charge in [0.25, 0.3) is 11.8 Å². The molecule has 26 heavy (non-hydrogen) atoms. The third-order valence-corrected chi connectivity index (χ3v) is 4.56. The first-order valence-electron chi connectivity index (χ1n) is 8.92. The zero-order valence-corrected chi connectivity index (χ0v) is 15.2. The van der Waals surface area contributed by atoms with Crippen molar-refractivity contribution in [3.8, 4) is 0 Å². The smallest absolute Gasteiger partial charge is 0.255 e. The number of rotatable bonds is 5. The van der Waals surface area contributed by atoms with Gasteiger partial charge in [0.2, 0.25) is 0 Å². The molecule has 0 spiro atoms. The monoisotopic (exact) mass is 352 g/mol. The van der Waals surface area contributed by atoms with Crippen LogP contribution in [0.5, 0.6) is 0 Å². The predicted molar refractivity (Wildman–Crippen MR) is 102 cm³/mol. The lowest BCUT2D eigenvalue weighted by Crippen LogP contribution is -2.32. The molecule has 1 saturated heterocycles. The van der Waals surface area contributed by atoms with Gasteiger partial charge in [-0.2, -0.15) is 0 Å². The van der Waals surface area contributed by atoms with Gasteiger partial charge >= 0.3 is 0 Å². The molecular formula is C21H24N2O3. The Balaban J connectivity index is 1.71. The maximum absolute atomic E-state index is 12.6. The van der Waals surface area contributed by atoms with Gasteiger partial charge in [0.1, 0.15) is 0 Å². The average Bonchev–Trinajstić information content (AvgIpc) is 3.13. The van der Waals surface area contributed by atoms with Crippen molar-refractivity contribution >= 4 is 17.5 Å². The van der Waals surface area contributed by atoms with E-state index in [-0.39, 0.29) is 17.9 Å². The molecule has 1 unspecified atom stereocenters. The van der Waals surface area contributed by atoms with Gasteiger partial charge in [-0.25, -0.2) is 0 Å². The van der Waals surface area contributed by atoms with Crippen LogP contribution in [-0.4, -0.2) is 31.1 Å². The van der Waals surface area contributed by atoms with Crippen LogP contribution in [0.3, 0.4) is 0 Å². The van der Waals surface area contributed by atoms with Gasteiger partial charge in [0, 0.05) is 18.7 Å². The summed E-state index contributed by atoms with van der Waals surface area (Å²) in [5.41, 5.74) is 3.56. The molecule has 0 saturated carbocycles. The molecule has 5 heteroatoms. The SMILES string of the molecule is Cc1ccc(C(=O)Nc2ccccc2C(=O)NCC2CCCO2)c(C)c1. The quantitative estimate of drug-likeness (QED) is 0.866. The van der Waals surface area contributed by atoms with Gasteiger partial charge in [0.15, 0.2) is 0 Å². The largest absolute Gasteiger partial charge is 0.376 e. The van der Waals surface area contributed by atoms with E-state index in [1.54, 1.807) is 30.3 Å². The highest BCUT2D eigenvalue weighted by Gasteiger charge is 2.19. The van der Waals surface area contributed by atoms with E-state index in [9.17, 15) is 9.59 Å². The second kappa shape index (κ2) is 8.15. The number of carbonyl (C=O) groups excluding carboxylic acids is 2. The van der Waals surface area contributed by atoms with E-state index in [4.69, 9.17) is 4.74 Å². The molecule has 1 heterocycles.